The van der Waals surface area contributed by atoms with Crippen molar-refractivity contribution in [2.24, 2.45) is 9.98 Å². The van der Waals surface area contributed by atoms with E-state index in [0.29, 0.717) is 37.9 Å². The van der Waals surface area contributed by atoms with E-state index < -0.39 is 0 Å². The molecule has 9 heteroatoms. The first-order valence-corrected chi connectivity index (χ1v) is 11.2. The van der Waals surface area contributed by atoms with Gasteiger partial charge in [-0.1, -0.05) is 24.3 Å². The fourth-order valence-corrected chi connectivity index (χ4v) is 3.30. The molecule has 0 amide bonds. The second-order valence-corrected chi connectivity index (χ2v) is 8.17. The van der Waals surface area contributed by atoms with Crippen molar-refractivity contribution >= 4 is 11.9 Å². The van der Waals surface area contributed by atoms with Crippen LogP contribution in [0.1, 0.15) is 17.5 Å². The summed E-state index contributed by atoms with van der Waals surface area (Å²) >= 11 is 0. The van der Waals surface area contributed by atoms with Gasteiger partial charge in [-0.3, -0.25) is 20.6 Å². The molecule has 0 radical (unpaired) electrons. The zero-order valence-electron chi connectivity index (χ0n) is 19.2. The third-order valence-electron chi connectivity index (χ3n) is 5.10. The number of halogens is 2. The van der Waals surface area contributed by atoms with Gasteiger partial charge in [-0.2, -0.15) is 0 Å². The molecule has 3 rings (SSSR count). The Morgan fingerprint density at radius 1 is 0.818 bits per heavy atom. The van der Waals surface area contributed by atoms with E-state index in [0.717, 1.165) is 30.6 Å². The van der Waals surface area contributed by atoms with Crippen molar-refractivity contribution in [2.75, 3.05) is 40.3 Å². The summed E-state index contributed by atoms with van der Waals surface area (Å²) in [5.74, 6) is 0.774. The predicted octanol–water partition coefficient (Wildman–Crippen LogP) is 2.07. The fourth-order valence-electron chi connectivity index (χ4n) is 3.30. The summed E-state index contributed by atoms with van der Waals surface area (Å²) in [4.78, 5) is 11.4. The van der Waals surface area contributed by atoms with Crippen molar-refractivity contribution in [3.8, 4) is 0 Å². The third kappa shape index (κ3) is 9.15. The molecule has 7 nitrogen and oxygen atoms in total. The molecule has 4 N–H and O–H groups in total. The lowest BCUT2D eigenvalue weighted by Crippen LogP contribution is -2.68. The maximum atomic E-state index is 13.1. The van der Waals surface area contributed by atoms with Crippen LogP contribution in [0.2, 0.25) is 0 Å². The Balaban J connectivity index is 1.57. The van der Waals surface area contributed by atoms with Crippen LogP contribution < -0.4 is 21.3 Å². The van der Waals surface area contributed by atoms with Gasteiger partial charge in [0.15, 0.2) is 6.29 Å². The zero-order valence-corrected chi connectivity index (χ0v) is 19.2. The monoisotopic (exact) mass is 457 g/mol. The van der Waals surface area contributed by atoms with E-state index in [-0.39, 0.29) is 17.9 Å². The Labute approximate surface area is 194 Å². The highest BCUT2D eigenvalue weighted by Gasteiger charge is 2.19. The average molecular weight is 458 g/mol. The molecule has 1 saturated heterocycles. The number of nitrogens with one attached hydrogen (secondary N) is 4. The maximum Gasteiger partial charge on any atom is 0.200 e. The largest absolute Gasteiger partial charge is 0.323 e. The van der Waals surface area contributed by atoms with Gasteiger partial charge in [0.1, 0.15) is 11.6 Å². The van der Waals surface area contributed by atoms with E-state index >= 15 is 0 Å². The summed E-state index contributed by atoms with van der Waals surface area (Å²) in [5, 5.41) is 13.2. The van der Waals surface area contributed by atoms with Gasteiger partial charge in [-0.05, 0) is 81.8 Å². The van der Waals surface area contributed by atoms with Gasteiger partial charge in [0.2, 0.25) is 11.9 Å². The summed E-state index contributed by atoms with van der Waals surface area (Å²) in [6, 6.07) is 12.9. The second-order valence-electron chi connectivity index (χ2n) is 8.17. The SMILES string of the molecule is CN(C)CCCNC1NC(=NCCc2ccc(F)cc2)NC(=NCCc2ccc(F)cc2)N1. The van der Waals surface area contributed by atoms with Crippen LogP contribution in [-0.2, 0) is 12.8 Å². The molecule has 0 aromatic heterocycles. The first-order chi connectivity index (χ1) is 16.0. The molecule has 1 fully saturated rings. The average Bonchev–Trinajstić information content (AvgIpc) is 2.79. The number of aliphatic imine (C=N–C) groups is 2. The van der Waals surface area contributed by atoms with Crippen LogP contribution >= 0.6 is 0 Å². The number of benzene rings is 2. The van der Waals surface area contributed by atoms with Gasteiger partial charge in [0.05, 0.1) is 0 Å². The lowest BCUT2D eigenvalue weighted by atomic mass is 10.1. The Bertz CT molecular complexity index is 844. The Morgan fingerprint density at radius 2 is 1.30 bits per heavy atom. The minimum Gasteiger partial charge on any atom is -0.323 e. The molecule has 1 heterocycles. The van der Waals surface area contributed by atoms with E-state index in [4.69, 9.17) is 0 Å². The molecule has 0 spiro atoms. The molecule has 0 saturated carbocycles. The number of hydrogen-bond donors (Lipinski definition) is 4. The first-order valence-electron chi connectivity index (χ1n) is 11.2. The highest BCUT2D eigenvalue weighted by molar-refractivity contribution is 6.00. The van der Waals surface area contributed by atoms with Crippen LogP contribution in [0.4, 0.5) is 8.78 Å². The van der Waals surface area contributed by atoms with Crippen molar-refractivity contribution in [3.63, 3.8) is 0 Å². The van der Waals surface area contributed by atoms with Gasteiger partial charge in [-0.15, -0.1) is 0 Å². The van der Waals surface area contributed by atoms with Crippen molar-refractivity contribution in [2.45, 2.75) is 25.6 Å². The van der Waals surface area contributed by atoms with Crippen LogP contribution in [0.5, 0.6) is 0 Å². The first kappa shape index (κ1) is 24.6. The third-order valence-corrected chi connectivity index (χ3v) is 5.10. The van der Waals surface area contributed by atoms with E-state index in [1.54, 1.807) is 24.3 Å². The predicted molar refractivity (Wildman–Crippen MR) is 129 cm³/mol. The summed E-state index contributed by atoms with van der Waals surface area (Å²) < 4.78 is 26.2. The standard InChI is InChI=1S/C24H33F2N7/c1-33(2)17-3-14-27-22-30-23(28-15-12-18-4-8-20(25)9-5-18)32-24(31-22)29-16-13-19-6-10-21(26)11-7-19/h4-11,22,27H,3,12-17H2,1-2H3,(H3,28,29,30,31,32). The molecular weight excluding hydrogens is 424 g/mol. The smallest absolute Gasteiger partial charge is 0.200 e. The zero-order chi connectivity index (χ0) is 23.5. The summed E-state index contributed by atoms with van der Waals surface area (Å²) in [6.45, 7) is 2.93. The van der Waals surface area contributed by atoms with Gasteiger partial charge < -0.3 is 15.5 Å². The minimum absolute atomic E-state index is 0.206. The number of nitrogens with zero attached hydrogens (tertiary/aromatic N) is 3. The number of hydrogen-bond acceptors (Lipinski definition) is 4. The van der Waals surface area contributed by atoms with Crippen molar-refractivity contribution in [3.05, 3.63) is 71.3 Å². The molecule has 0 aliphatic carbocycles. The molecule has 2 aromatic carbocycles. The lowest BCUT2D eigenvalue weighted by Gasteiger charge is -2.31. The Hall–Kier alpha value is -3.04. The Morgan fingerprint density at radius 3 is 1.76 bits per heavy atom. The lowest BCUT2D eigenvalue weighted by molar-refractivity contribution is 0.372. The van der Waals surface area contributed by atoms with Crippen LogP contribution in [0, 0.1) is 11.6 Å². The van der Waals surface area contributed by atoms with E-state index in [1.165, 1.54) is 24.3 Å². The van der Waals surface area contributed by atoms with Crippen molar-refractivity contribution in [1.29, 1.82) is 0 Å². The molecule has 178 valence electrons. The summed E-state index contributed by atoms with van der Waals surface area (Å²) in [5.41, 5.74) is 2.06. The number of rotatable bonds is 11. The normalized spacial score (nSPS) is 18.3. The summed E-state index contributed by atoms with van der Waals surface area (Å²) in [7, 11) is 4.11. The second kappa shape index (κ2) is 12.9. The quantitative estimate of drug-likeness (QED) is 0.389. The van der Waals surface area contributed by atoms with E-state index in [9.17, 15) is 8.78 Å². The van der Waals surface area contributed by atoms with Gasteiger partial charge in [0.25, 0.3) is 0 Å². The van der Waals surface area contributed by atoms with Crippen molar-refractivity contribution < 1.29 is 8.78 Å². The highest BCUT2D eigenvalue weighted by atomic mass is 19.1. The minimum atomic E-state index is -0.239. The topological polar surface area (TPSA) is 76.1 Å². The molecule has 0 unspecified atom stereocenters. The molecule has 1 aliphatic rings. The summed E-state index contributed by atoms with van der Waals surface area (Å²) in [6.07, 6.45) is 2.22. The number of guanidine groups is 2. The maximum absolute atomic E-state index is 13.1. The Kier molecular flexibility index (Phi) is 9.59. The van der Waals surface area contributed by atoms with Crippen LogP contribution in [-0.4, -0.2) is 63.4 Å². The van der Waals surface area contributed by atoms with E-state index in [2.05, 4.69) is 50.2 Å². The van der Waals surface area contributed by atoms with Gasteiger partial charge >= 0.3 is 0 Å². The molecule has 2 aromatic rings. The van der Waals surface area contributed by atoms with Crippen molar-refractivity contribution in [1.82, 2.24) is 26.2 Å². The van der Waals surface area contributed by atoms with E-state index in [1.807, 2.05) is 0 Å². The molecule has 0 atom stereocenters. The highest BCUT2D eigenvalue weighted by Crippen LogP contribution is 2.05. The molecular formula is C24H33F2N7. The molecule has 0 bridgehead atoms. The molecule has 1 aliphatic heterocycles. The van der Waals surface area contributed by atoms with Gasteiger partial charge in [-0.25, -0.2) is 8.78 Å². The van der Waals surface area contributed by atoms with Crippen LogP contribution in [0.15, 0.2) is 58.5 Å². The van der Waals surface area contributed by atoms with Crippen LogP contribution in [0.3, 0.4) is 0 Å². The fraction of sp³-hybridized carbons (Fsp3) is 0.417. The van der Waals surface area contributed by atoms with Gasteiger partial charge in [0, 0.05) is 13.1 Å². The van der Waals surface area contributed by atoms with Crippen LogP contribution in [0.25, 0.3) is 0 Å². The molecule has 33 heavy (non-hydrogen) atoms.